The molecule has 0 aliphatic carbocycles. The number of alkyl halides is 3. The van der Waals surface area contributed by atoms with Crippen molar-refractivity contribution >= 4 is 11.6 Å². The van der Waals surface area contributed by atoms with E-state index in [0.29, 0.717) is 72.0 Å². The molecule has 4 bridgehead atoms. The number of nitrogens with one attached hydrogen (secondary N) is 1. The molecule has 4 aromatic rings. The summed E-state index contributed by atoms with van der Waals surface area (Å²) in [5, 5.41) is 11.7. The van der Waals surface area contributed by atoms with E-state index in [0.717, 1.165) is 0 Å². The van der Waals surface area contributed by atoms with Crippen LogP contribution in [0.4, 0.5) is 24.8 Å². The van der Waals surface area contributed by atoms with E-state index in [1.807, 2.05) is 6.92 Å². The lowest BCUT2D eigenvalue weighted by atomic mass is 10.1. The first kappa shape index (κ1) is 25.9. The smallest absolute Gasteiger partial charge is 0.422 e. The van der Waals surface area contributed by atoms with E-state index in [4.69, 9.17) is 18.9 Å². The minimum Gasteiger partial charge on any atom is -0.490 e. The molecule has 210 valence electrons. The first-order valence-electron chi connectivity index (χ1n) is 12.5. The van der Waals surface area contributed by atoms with Crippen LogP contribution in [0.3, 0.4) is 0 Å². The number of nitrogens with zero attached hydrogens (tertiary/aromatic N) is 7. The monoisotopic (exact) mass is 558 g/mol. The number of aryl methyl sites for hydroxylation is 1. The van der Waals surface area contributed by atoms with Gasteiger partial charge in [0.05, 0.1) is 43.7 Å². The number of fused-ring (bicyclic) bond motifs is 6. The highest BCUT2D eigenvalue weighted by Crippen LogP contribution is 2.39. The summed E-state index contributed by atoms with van der Waals surface area (Å²) < 4.78 is 64.9. The van der Waals surface area contributed by atoms with Crippen LogP contribution in [0.5, 0.6) is 17.5 Å². The van der Waals surface area contributed by atoms with Gasteiger partial charge in [0, 0.05) is 43.7 Å². The minimum atomic E-state index is -4.53. The zero-order valence-corrected chi connectivity index (χ0v) is 21.6. The minimum absolute atomic E-state index is 0.106. The summed E-state index contributed by atoms with van der Waals surface area (Å²) in [6, 6.07) is 3.23. The predicted molar refractivity (Wildman–Crippen MR) is 135 cm³/mol. The van der Waals surface area contributed by atoms with Crippen LogP contribution in [-0.4, -0.2) is 73.2 Å². The van der Waals surface area contributed by atoms with Crippen LogP contribution in [-0.2, 0) is 11.8 Å². The lowest BCUT2D eigenvalue weighted by molar-refractivity contribution is -0.154. The van der Waals surface area contributed by atoms with Crippen molar-refractivity contribution in [2.75, 3.05) is 31.7 Å². The van der Waals surface area contributed by atoms with Crippen molar-refractivity contribution in [3.63, 3.8) is 0 Å². The van der Waals surface area contributed by atoms with Crippen LogP contribution in [0.15, 0.2) is 36.9 Å². The molecule has 1 N–H and O–H groups in total. The maximum atomic E-state index is 13.0. The van der Waals surface area contributed by atoms with Gasteiger partial charge in [-0.25, -0.2) is 19.6 Å². The van der Waals surface area contributed by atoms with Crippen molar-refractivity contribution in [3.8, 4) is 40.0 Å². The fourth-order valence-corrected chi connectivity index (χ4v) is 4.22. The normalized spacial score (nSPS) is 17.5. The third kappa shape index (κ3) is 5.36. The molecule has 6 heterocycles. The molecular formula is C25H25F3N8O4. The third-order valence-electron chi connectivity index (χ3n) is 6.35. The molecule has 40 heavy (non-hydrogen) atoms. The van der Waals surface area contributed by atoms with Crippen molar-refractivity contribution in [2.24, 2.45) is 7.05 Å². The van der Waals surface area contributed by atoms with Crippen LogP contribution in [0.2, 0.25) is 0 Å². The summed E-state index contributed by atoms with van der Waals surface area (Å²) in [6.07, 6.45) is 2.00. The van der Waals surface area contributed by atoms with E-state index in [9.17, 15) is 13.2 Å². The maximum Gasteiger partial charge on any atom is 0.422 e. The maximum absolute atomic E-state index is 13.0. The van der Waals surface area contributed by atoms with Gasteiger partial charge in [-0.1, -0.05) is 0 Å². The largest absolute Gasteiger partial charge is 0.490 e. The third-order valence-corrected chi connectivity index (χ3v) is 6.35. The first-order chi connectivity index (χ1) is 19.2. The number of hydrogen-bond donors (Lipinski definition) is 1. The van der Waals surface area contributed by atoms with Gasteiger partial charge in [-0.05, 0) is 13.0 Å². The van der Waals surface area contributed by atoms with Crippen LogP contribution < -0.4 is 19.5 Å². The lowest BCUT2D eigenvalue weighted by Gasteiger charge is -2.25. The summed E-state index contributed by atoms with van der Waals surface area (Å²) in [5.74, 6) is 2.00. The Labute approximate surface area is 226 Å². The number of aromatic nitrogens is 7. The summed E-state index contributed by atoms with van der Waals surface area (Å²) in [4.78, 5) is 13.4. The van der Waals surface area contributed by atoms with Crippen LogP contribution in [0.1, 0.15) is 19.4 Å². The van der Waals surface area contributed by atoms with Gasteiger partial charge in [-0.3, -0.25) is 4.68 Å². The van der Waals surface area contributed by atoms with E-state index < -0.39 is 12.8 Å². The number of ether oxygens (including phenoxy) is 4. The van der Waals surface area contributed by atoms with Gasteiger partial charge in [0.25, 0.3) is 0 Å². The second-order valence-corrected chi connectivity index (χ2v) is 9.43. The Hall–Kier alpha value is -4.40. The number of hydrogen-bond acceptors (Lipinski definition) is 10. The number of anilines is 2. The molecule has 0 unspecified atom stereocenters. The second kappa shape index (κ2) is 10.3. The van der Waals surface area contributed by atoms with Gasteiger partial charge in [-0.15, -0.1) is 5.10 Å². The standard InChI is InChI=1S/C25H25F3N8O4/c1-14-4-6-38-24-17(9-31-35(24)2)22-29-5-3-20(33-22)32-21-7-19(40-14)16(8-30-21)18-10-36(15-11-37-12-15)34-23(18)39-13-25(26,27)28/h3,5,7-10,14-15H,4,6,11-13H2,1-2H3,(H,29,30,32,33)/t14-/m0/s1. The predicted octanol–water partition coefficient (Wildman–Crippen LogP) is 3.94. The zero-order chi connectivity index (χ0) is 27.9. The van der Waals surface area contributed by atoms with Gasteiger partial charge in [-0.2, -0.15) is 18.3 Å². The highest BCUT2D eigenvalue weighted by molar-refractivity contribution is 5.75. The Morgan fingerprint density at radius 2 is 1.98 bits per heavy atom. The molecule has 12 nitrogen and oxygen atoms in total. The fourth-order valence-electron chi connectivity index (χ4n) is 4.22. The molecule has 0 aromatic carbocycles. The van der Waals surface area contributed by atoms with Crippen molar-refractivity contribution in [1.82, 2.24) is 34.5 Å². The van der Waals surface area contributed by atoms with Gasteiger partial charge in [0.2, 0.25) is 11.8 Å². The molecule has 2 aliphatic heterocycles. The molecule has 0 spiro atoms. The molecule has 1 saturated heterocycles. The van der Waals surface area contributed by atoms with Gasteiger partial charge < -0.3 is 24.3 Å². The molecule has 2 aliphatic rings. The molecule has 6 rings (SSSR count). The quantitative estimate of drug-likeness (QED) is 0.394. The Balaban J connectivity index is 1.39. The summed E-state index contributed by atoms with van der Waals surface area (Å²) in [6.45, 7) is 1.50. The number of rotatable bonds is 4. The van der Waals surface area contributed by atoms with E-state index in [-0.39, 0.29) is 18.0 Å². The molecule has 0 amide bonds. The van der Waals surface area contributed by atoms with Gasteiger partial charge >= 0.3 is 6.18 Å². The lowest BCUT2D eigenvalue weighted by Crippen LogP contribution is -2.31. The highest BCUT2D eigenvalue weighted by Gasteiger charge is 2.31. The van der Waals surface area contributed by atoms with E-state index in [1.165, 1.54) is 6.20 Å². The summed E-state index contributed by atoms with van der Waals surface area (Å²) in [7, 11) is 1.76. The molecule has 0 radical (unpaired) electrons. The average Bonchev–Trinajstić information content (AvgIpc) is 3.45. The Kier molecular flexibility index (Phi) is 6.65. The Morgan fingerprint density at radius 1 is 1.12 bits per heavy atom. The molecule has 4 aromatic heterocycles. The first-order valence-corrected chi connectivity index (χ1v) is 12.5. The van der Waals surface area contributed by atoms with Crippen LogP contribution in [0, 0.1) is 0 Å². The van der Waals surface area contributed by atoms with Crippen LogP contribution >= 0.6 is 0 Å². The average molecular weight is 559 g/mol. The Morgan fingerprint density at radius 3 is 2.75 bits per heavy atom. The van der Waals surface area contributed by atoms with Gasteiger partial charge in [0.1, 0.15) is 22.9 Å². The highest BCUT2D eigenvalue weighted by atomic mass is 19.4. The van der Waals surface area contributed by atoms with Gasteiger partial charge in [0.15, 0.2) is 12.4 Å². The topological polar surface area (TPSA) is 123 Å². The molecule has 0 saturated carbocycles. The number of pyridine rings is 1. The van der Waals surface area contributed by atoms with E-state index in [2.05, 4.69) is 30.5 Å². The zero-order valence-electron chi connectivity index (χ0n) is 21.6. The Bertz CT molecular complexity index is 1520. The molecule has 15 heteroatoms. The van der Waals surface area contributed by atoms with E-state index >= 15 is 0 Å². The van der Waals surface area contributed by atoms with Crippen molar-refractivity contribution in [1.29, 1.82) is 0 Å². The van der Waals surface area contributed by atoms with E-state index in [1.54, 1.807) is 47.1 Å². The molecule has 1 fully saturated rings. The van der Waals surface area contributed by atoms with Crippen molar-refractivity contribution < 1.29 is 32.1 Å². The fraction of sp³-hybridized carbons (Fsp3) is 0.400. The number of halogens is 3. The van der Waals surface area contributed by atoms with Crippen molar-refractivity contribution in [3.05, 3.63) is 36.9 Å². The van der Waals surface area contributed by atoms with Crippen LogP contribution in [0.25, 0.3) is 22.5 Å². The van der Waals surface area contributed by atoms with Crippen molar-refractivity contribution in [2.45, 2.75) is 31.7 Å². The molecule has 1 atom stereocenters. The second-order valence-electron chi connectivity index (χ2n) is 9.43. The SMILES string of the molecule is C[C@H]1CCOc2c(cnn2C)-c2nccc(n2)Nc2cc(c(-c3cn(C4COC4)nc3OCC(F)(F)F)cn2)O1. The summed E-state index contributed by atoms with van der Waals surface area (Å²) >= 11 is 0. The summed E-state index contributed by atoms with van der Waals surface area (Å²) in [5.41, 5.74) is 1.38. The molecular weight excluding hydrogens is 533 g/mol.